The number of amides is 2. The Morgan fingerprint density at radius 2 is 1.66 bits per heavy atom. The summed E-state index contributed by atoms with van der Waals surface area (Å²) in [6.45, 7) is 0.514. The van der Waals surface area contributed by atoms with Gasteiger partial charge in [0.25, 0.3) is 5.91 Å². The molecule has 158 valence electrons. The number of anilines is 1. The highest BCUT2D eigenvalue weighted by atomic mass is 32.2. The molecule has 0 aromatic heterocycles. The third kappa shape index (κ3) is 4.11. The van der Waals surface area contributed by atoms with Crippen molar-refractivity contribution in [1.82, 2.24) is 5.32 Å². The topological polar surface area (TPSA) is 49.4 Å². The van der Waals surface area contributed by atoms with Gasteiger partial charge in [-0.25, -0.2) is 0 Å². The summed E-state index contributed by atoms with van der Waals surface area (Å²) < 4.78 is 0.474. The van der Waals surface area contributed by atoms with Crippen molar-refractivity contribution in [3.8, 4) is 11.1 Å². The van der Waals surface area contributed by atoms with Crippen LogP contribution in [0.4, 0.5) is 5.69 Å². The van der Waals surface area contributed by atoms with Gasteiger partial charge in [0.15, 0.2) is 0 Å². The number of carbonyl (C=O) groups excluding carboxylic acids is 2. The fourth-order valence-electron chi connectivity index (χ4n) is 4.11. The highest BCUT2D eigenvalue weighted by Gasteiger charge is 2.27. The van der Waals surface area contributed by atoms with Gasteiger partial charge in [-0.1, -0.05) is 90.7 Å². The molecular weight excluding hydrogens is 436 g/mol. The average Bonchev–Trinajstić information content (AvgIpc) is 3.13. The summed E-state index contributed by atoms with van der Waals surface area (Å²) in [5.74, 6) is -0.0524. The van der Waals surface area contributed by atoms with E-state index in [1.54, 1.807) is 0 Å². The van der Waals surface area contributed by atoms with Crippen LogP contribution >= 0.6 is 24.0 Å². The van der Waals surface area contributed by atoms with E-state index >= 15 is 0 Å². The summed E-state index contributed by atoms with van der Waals surface area (Å²) in [4.78, 5) is 27.4. The van der Waals surface area contributed by atoms with E-state index in [4.69, 9.17) is 12.2 Å². The third-order valence-corrected chi connectivity index (χ3v) is 6.86. The second kappa shape index (κ2) is 8.73. The lowest BCUT2D eigenvalue weighted by atomic mass is 9.95. The zero-order valence-electron chi connectivity index (χ0n) is 17.2. The van der Waals surface area contributed by atoms with E-state index in [1.807, 2.05) is 47.4 Å². The highest BCUT2D eigenvalue weighted by molar-refractivity contribution is 8.26. The van der Waals surface area contributed by atoms with Gasteiger partial charge in [0, 0.05) is 12.1 Å². The van der Waals surface area contributed by atoms with Crippen molar-refractivity contribution in [1.29, 1.82) is 0 Å². The summed E-state index contributed by atoms with van der Waals surface area (Å²) >= 11 is 6.37. The van der Waals surface area contributed by atoms with E-state index in [9.17, 15) is 9.59 Å². The Balaban J connectivity index is 1.43. The standard InChI is InChI=1S/C26H20N2O2S2/c29-24-14-13-21-20(15-23-25(30)27-26(31)32-23)7-4-8-22(21)28(24)16-17-9-11-19(12-10-17)18-5-2-1-3-6-18/h1-12,15H,13-14,16H2,(H,27,30,31)/b23-15+. The SMILES string of the molecule is O=C1NC(=S)S/C1=C/c1cccc2c1CCC(=O)N2Cc1ccc(-c2ccccc2)cc1. The van der Waals surface area contributed by atoms with E-state index in [-0.39, 0.29) is 11.8 Å². The zero-order chi connectivity index (χ0) is 22.1. The summed E-state index contributed by atoms with van der Waals surface area (Å²) in [5, 5.41) is 2.65. The van der Waals surface area contributed by atoms with Gasteiger partial charge in [-0.05, 0) is 46.4 Å². The zero-order valence-corrected chi connectivity index (χ0v) is 18.8. The molecule has 2 aliphatic heterocycles. The first kappa shape index (κ1) is 20.7. The minimum atomic E-state index is -0.167. The van der Waals surface area contributed by atoms with Crippen LogP contribution in [-0.2, 0) is 22.6 Å². The molecule has 0 aliphatic carbocycles. The van der Waals surface area contributed by atoms with Gasteiger partial charge in [-0.2, -0.15) is 0 Å². The van der Waals surface area contributed by atoms with Gasteiger partial charge in [-0.3, -0.25) is 9.59 Å². The van der Waals surface area contributed by atoms with Crippen LogP contribution in [0.3, 0.4) is 0 Å². The fourth-order valence-corrected chi connectivity index (χ4v) is 5.14. The molecule has 0 unspecified atom stereocenters. The molecule has 1 saturated heterocycles. The first-order chi connectivity index (χ1) is 15.6. The number of benzene rings is 3. The lowest BCUT2D eigenvalue weighted by Gasteiger charge is -2.30. The van der Waals surface area contributed by atoms with Crippen molar-refractivity contribution in [3.63, 3.8) is 0 Å². The van der Waals surface area contributed by atoms with Crippen molar-refractivity contribution < 1.29 is 9.59 Å². The normalized spacial score (nSPS) is 16.9. The van der Waals surface area contributed by atoms with Crippen molar-refractivity contribution in [3.05, 3.63) is 94.4 Å². The molecule has 2 amide bonds. The molecule has 4 nitrogen and oxygen atoms in total. The molecule has 3 aromatic carbocycles. The summed E-state index contributed by atoms with van der Waals surface area (Å²) in [7, 11) is 0. The predicted molar refractivity (Wildman–Crippen MR) is 134 cm³/mol. The van der Waals surface area contributed by atoms with Gasteiger partial charge in [0.05, 0.1) is 11.4 Å². The molecule has 2 heterocycles. The number of thioether (sulfide) groups is 1. The van der Waals surface area contributed by atoms with Gasteiger partial charge < -0.3 is 10.2 Å². The minimum Gasteiger partial charge on any atom is -0.308 e. The van der Waals surface area contributed by atoms with E-state index in [0.717, 1.165) is 27.9 Å². The van der Waals surface area contributed by atoms with Crippen LogP contribution < -0.4 is 10.2 Å². The lowest BCUT2D eigenvalue weighted by Crippen LogP contribution is -2.34. The predicted octanol–water partition coefficient (Wildman–Crippen LogP) is 5.32. The summed E-state index contributed by atoms with van der Waals surface area (Å²) in [6.07, 6.45) is 2.99. The molecule has 0 atom stereocenters. The minimum absolute atomic E-state index is 0.114. The van der Waals surface area contributed by atoms with Crippen LogP contribution in [0, 0.1) is 0 Å². The molecule has 5 rings (SSSR count). The number of hydrogen-bond acceptors (Lipinski definition) is 4. The maximum atomic E-state index is 12.8. The Morgan fingerprint density at radius 3 is 2.38 bits per heavy atom. The van der Waals surface area contributed by atoms with Crippen molar-refractivity contribution in [2.24, 2.45) is 0 Å². The maximum Gasteiger partial charge on any atom is 0.263 e. The number of nitrogens with zero attached hydrogens (tertiary/aromatic N) is 1. The van der Waals surface area contributed by atoms with E-state index in [2.05, 4.69) is 41.7 Å². The molecule has 0 radical (unpaired) electrons. The number of fused-ring (bicyclic) bond motifs is 1. The molecule has 0 bridgehead atoms. The molecule has 6 heteroatoms. The second-order valence-electron chi connectivity index (χ2n) is 7.74. The van der Waals surface area contributed by atoms with E-state index < -0.39 is 0 Å². The maximum absolute atomic E-state index is 12.8. The van der Waals surface area contributed by atoms with Crippen molar-refractivity contribution >= 4 is 51.9 Å². The number of thiocarbonyl (C=S) groups is 1. The first-order valence-electron chi connectivity index (χ1n) is 10.4. The monoisotopic (exact) mass is 456 g/mol. The van der Waals surface area contributed by atoms with Crippen LogP contribution in [0.15, 0.2) is 77.7 Å². The number of carbonyl (C=O) groups is 2. The largest absolute Gasteiger partial charge is 0.308 e. The Hall–Kier alpha value is -3.22. The molecule has 0 spiro atoms. The van der Waals surface area contributed by atoms with E-state index in [1.165, 1.54) is 17.3 Å². The molecule has 1 fully saturated rings. The number of rotatable bonds is 4. The lowest BCUT2D eigenvalue weighted by molar-refractivity contribution is -0.119. The molecule has 0 saturated carbocycles. The van der Waals surface area contributed by atoms with Crippen LogP contribution in [-0.4, -0.2) is 16.1 Å². The molecular formula is C26H20N2O2S2. The fraction of sp³-hybridized carbons (Fsp3) is 0.115. The average molecular weight is 457 g/mol. The van der Waals surface area contributed by atoms with E-state index in [0.29, 0.717) is 28.6 Å². The summed E-state index contributed by atoms with van der Waals surface area (Å²) in [6, 6.07) is 24.5. The Morgan fingerprint density at radius 1 is 0.906 bits per heavy atom. The number of nitrogens with one attached hydrogen (secondary N) is 1. The molecule has 3 aromatic rings. The van der Waals surface area contributed by atoms with Crippen LogP contribution in [0.2, 0.25) is 0 Å². The second-order valence-corrected chi connectivity index (χ2v) is 9.46. The Kier molecular flexibility index (Phi) is 5.64. The van der Waals surface area contributed by atoms with Gasteiger partial charge >= 0.3 is 0 Å². The Bertz CT molecular complexity index is 1250. The molecule has 32 heavy (non-hydrogen) atoms. The first-order valence-corrected chi connectivity index (χ1v) is 11.6. The Labute approximate surface area is 196 Å². The quantitative estimate of drug-likeness (QED) is 0.426. The smallest absolute Gasteiger partial charge is 0.263 e. The summed E-state index contributed by atoms with van der Waals surface area (Å²) in [5.41, 5.74) is 6.36. The van der Waals surface area contributed by atoms with Crippen LogP contribution in [0.25, 0.3) is 17.2 Å². The number of hydrogen-bond donors (Lipinski definition) is 1. The van der Waals surface area contributed by atoms with Gasteiger partial charge in [-0.15, -0.1) is 0 Å². The highest BCUT2D eigenvalue weighted by Crippen LogP contribution is 2.35. The van der Waals surface area contributed by atoms with Crippen molar-refractivity contribution in [2.75, 3.05) is 4.90 Å². The van der Waals surface area contributed by atoms with Crippen molar-refractivity contribution in [2.45, 2.75) is 19.4 Å². The van der Waals surface area contributed by atoms with Crippen LogP contribution in [0.1, 0.15) is 23.1 Å². The molecule has 2 aliphatic rings. The van der Waals surface area contributed by atoms with Gasteiger partial charge in [0.1, 0.15) is 4.32 Å². The van der Waals surface area contributed by atoms with Crippen LogP contribution in [0.5, 0.6) is 0 Å². The molecule has 1 N–H and O–H groups in total. The third-order valence-electron chi connectivity index (χ3n) is 5.70. The van der Waals surface area contributed by atoms with Gasteiger partial charge in [0.2, 0.25) is 5.91 Å².